The zero-order chi connectivity index (χ0) is 14.1. The molecule has 1 aromatic rings. The molecule has 0 fully saturated rings. The smallest absolute Gasteiger partial charge is 0.326 e. The van der Waals surface area contributed by atoms with Crippen LogP contribution in [0.3, 0.4) is 0 Å². The lowest BCUT2D eigenvalue weighted by Gasteiger charge is -2.11. The van der Waals surface area contributed by atoms with Crippen molar-refractivity contribution in [3.05, 3.63) is 53.6 Å². The molecule has 1 rings (SSSR count). The molecule has 0 heterocycles. The average molecular weight is 259 g/mol. The van der Waals surface area contributed by atoms with Crippen LogP contribution in [0.4, 0.5) is 0 Å². The number of aliphatic carboxylic acids is 1. The minimum absolute atomic E-state index is 0.243. The molecule has 19 heavy (non-hydrogen) atoms. The van der Waals surface area contributed by atoms with Crippen LogP contribution in [-0.2, 0) is 9.59 Å². The molecule has 4 heteroatoms. The number of amides is 1. The van der Waals surface area contributed by atoms with Crippen molar-refractivity contribution in [3.8, 4) is 0 Å². The number of carbonyl (C=O) groups excluding carboxylic acids is 1. The van der Waals surface area contributed by atoms with Crippen molar-refractivity contribution in [1.29, 1.82) is 0 Å². The van der Waals surface area contributed by atoms with E-state index < -0.39 is 12.0 Å². The SMILES string of the molecule is C/C=C\C(=C/c1ccccc1)CC(NC=O)C(=O)O. The first-order chi connectivity index (χ1) is 9.17. The Hall–Kier alpha value is -2.36. The number of nitrogens with one attached hydrogen (secondary N) is 1. The predicted octanol–water partition coefficient (Wildman–Crippen LogP) is 2.24. The standard InChI is InChI=1S/C15H17NO3/c1-2-6-13(9-12-7-4-3-5-8-12)10-14(15(18)19)16-11-17/h2-9,11,14H,10H2,1H3,(H,16,17)(H,18,19)/b6-2-,13-9+. The van der Waals surface area contributed by atoms with Gasteiger partial charge in [0.15, 0.2) is 0 Å². The molecule has 2 N–H and O–H groups in total. The van der Waals surface area contributed by atoms with Gasteiger partial charge in [-0.15, -0.1) is 0 Å². The molecule has 0 aliphatic heterocycles. The summed E-state index contributed by atoms with van der Waals surface area (Å²) in [6.07, 6.45) is 6.24. The van der Waals surface area contributed by atoms with Crippen molar-refractivity contribution < 1.29 is 14.7 Å². The summed E-state index contributed by atoms with van der Waals surface area (Å²) in [5.74, 6) is -1.05. The van der Waals surface area contributed by atoms with Gasteiger partial charge >= 0.3 is 5.97 Å². The first-order valence-corrected chi connectivity index (χ1v) is 5.98. The molecule has 0 aromatic heterocycles. The van der Waals surface area contributed by atoms with Gasteiger partial charge in [-0.05, 0) is 18.1 Å². The summed E-state index contributed by atoms with van der Waals surface area (Å²) in [4.78, 5) is 21.4. The highest BCUT2D eigenvalue weighted by Gasteiger charge is 2.16. The minimum atomic E-state index is -1.05. The van der Waals surface area contributed by atoms with Crippen LogP contribution in [0.15, 0.2) is 48.1 Å². The highest BCUT2D eigenvalue weighted by Crippen LogP contribution is 2.13. The molecule has 0 radical (unpaired) electrons. The van der Waals surface area contributed by atoms with Gasteiger partial charge in [-0.1, -0.05) is 48.6 Å². The van der Waals surface area contributed by atoms with Crippen LogP contribution in [0.1, 0.15) is 18.9 Å². The monoisotopic (exact) mass is 259 g/mol. The molecular formula is C15H17NO3. The number of hydrogen-bond donors (Lipinski definition) is 2. The fraction of sp³-hybridized carbons (Fsp3) is 0.200. The number of rotatable bonds is 7. The quantitative estimate of drug-likeness (QED) is 0.583. The fourth-order valence-corrected chi connectivity index (χ4v) is 1.69. The zero-order valence-electron chi connectivity index (χ0n) is 10.7. The second kappa shape index (κ2) is 7.87. The van der Waals surface area contributed by atoms with Gasteiger partial charge in [0.25, 0.3) is 0 Å². The van der Waals surface area contributed by atoms with Crippen molar-refractivity contribution in [3.63, 3.8) is 0 Å². The fourth-order valence-electron chi connectivity index (χ4n) is 1.69. The van der Waals surface area contributed by atoms with Gasteiger partial charge in [0.05, 0.1) is 0 Å². The molecule has 1 amide bonds. The number of carbonyl (C=O) groups is 2. The Morgan fingerprint density at radius 2 is 2.05 bits per heavy atom. The summed E-state index contributed by atoms with van der Waals surface area (Å²) in [7, 11) is 0. The third-order valence-corrected chi connectivity index (χ3v) is 2.54. The predicted molar refractivity (Wildman–Crippen MR) is 74.5 cm³/mol. The van der Waals surface area contributed by atoms with Crippen LogP contribution in [0.2, 0.25) is 0 Å². The van der Waals surface area contributed by atoms with Crippen LogP contribution < -0.4 is 5.32 Å². The van der Waals surface area contributed by atoms with Gasteiger partial charge in [-0.3, -0.25) is 4.79 Å². The van der Waals surface area contributed by atoms with Crippen molar-refractivity contribution in [1.82, 2.24) is 5.32 Å². The molecule has 0 saturated heterocycles. The molecule has 1 aromatic carbocycles. The van der Waals surface area contributed by atoms with Crippen LogP contribution in [0.5, 0.6) is 0 Å². The summed E-state index contributed by atoms with van der Waals surface area (Å²) in [6, 6.07) is 8.71. The molecule has 0 aliphatic carbocycles. The second-order valence-electron chi connectivity index (χ2n) is 4.01. The molecule has 0 spiro atoms. The van der Waals surface area contributed by atoms with E-state index in [0.29, 0.717) is 6.41 Å². The van der Waals surface area contributed by atoms with E-state index in [4.69, 9.17) is 5.11 Å². The van der Waals surface area contributed by atoms with Crippen molar-refractivity contribution in [2.24, 2.45) is 0 Å². The second-order valence-corrected chi connectivity index (χ2v) is 4.01. The molecule has 0 bridgehead atoms. The molecule has 1 atom stereocenters. The molecule has 0 saturated carbocycles. The molecule has 1 unspecified atom stereocenters. The van der Waals surface area contributed by atoms with Gasteiger partial charge in [0.1, 0.15) is 6.04 Å². The van der Waals surface area contributed by atoms with E-state index in [2.05, 4.69) is 5.32 Å². The van der Waals surface area contributed by atoms with E-state index in [0.717, 1.165) is 11.1 Å². The first kappa shape index (κ1) is 14.7. The maximum atomic E-state index is 11.0. The van der Waals surface area contributed by atoms with Crippen LogP contribution in [-0.4, -0.2) is 23.5 Å². The molecular weight excluding hydrogens is 242 g/mol. The Balaban J connectivity index is 2.91. The van der Waals surface area contributed by atoms with Gasteiger partial charge in [-0.2, -0.15) is 0 Å². The summed E-state index contributed by atoms with van der Waals surface area (Å²) in [6.45, 7) is 1.86. The lowest BCUT2D eigenvalue weighted by atomic mass is 10.0. The van der Waals surface area contributed by atoms with E-state index in [1.165, 1.54) is 0 Å². The number of carboxylic acids is 1. The Labute approximate surface area is 112 Å². The lowest BCUT2D eigenvalue weighted by molar-refractivity contribution is -0.140. The van der Waals surface area contributed by atoms with Gasteiger partial charge in [-0.25, -0.2) is 4.79 Å². The van der Waals surface area contributed by atoms with E-state index in [1.807, 2.05) is 55.5 Å². The van der Waals surface area contributed by atoms with Gasteiger partial charge in [0, 0.05) is 6.42 Å². The van der Waals surface area contributed by atoms with E-state index in [-0.39, 0.29) is 6.42 Å². The highest BCUT2D eigenvalue weighted by atomic mass is 16.4. The van der Waals surface area contributed by atoms with E-state index >= 15 is 0 Å². The normalized spacial score (nSPS) is 13.2. The van der Waals surface area contributed by atoms with Crippen LogP contribution >= 0.6 is 0 Å². The summed E-state index contributed by atoms with van der Waals surface area (Å²) >= 11 is 0. The number of allylic oxidation sites excluding steroid dienone is 2. The van der Waals surface area contributed by atoms with Crippen LogP contribution in [0.25, 0.3) is 6.08 Å². The van der Waals surface area contributed by atoms with Crippen molar-refractivity contribution in [2.75, 3.05) is 0 Å². The first-order valence-electron chi connectivity index (χ1n) is 5.98. The third kappa shape index (κ3) is 5.21. The molecule has 4 nitrogen and oxygen atoms in total. The largest absolute Gasteiger partial charge is 0.480 e. The number of hydrogen-bond acceptors (Lipinski definition) is 2. The van der Waals surface area contributed by atoms with Gasteiger partial charge < -0.3 is 10.4 Å². The molecule has 0 aliphatic rings. The average Bonchev–Trinajstić information content (AvgIpc) is 2.39. The zero-order valence-corrected chi connectivity index (χ0v) is 10.7. The Bertz CT molecular complexity index is 477. The Kier molecular flexibility index (Phi) is 6.09. The Morgan fingerprint density at radius 1 is 1.37 bits per heavy atom. The maximum Gasteiger partial charge on any atom is 0.326 e. The van der Waals surface area contributed by atoms with Crippen molar-refractivity contribution >= 4 is 18.5 Å². The summed E-state index contributed by atoms with van der Waals surface area (Å²) in [5, 5.41) is 11.3. The van der Waals surface area contributed by atoms with Crippen LogP contribution in [0, 0.1) is 0 Å². The summed E-state index contributed by atoms with van der Waals surface area (Å²) < 4.78 is 0. The van der Waals surface area contributed by atoms with E-state index in [9.17, 15) is 9.59 Å². The van der Waals surface area contributed by atoms with Gasteiger partial charge in [0.2, 0.25) is 6.41 Å². The number of carboxylic acid groups (broad SMARTS) is 1. The highest BCUT2D eigenvalue weighted by molar-refractivity contribution is 5.77. The minimum Gasteiger partial charge on any atom is -0.480 e. The lowest BCUT2D eigenvalue weighted by Crippen LogP contribution is -2.35. The third-order valence-electron chi connectivity index (χ3n) is 2.54. The summed E-state index contributed by atoms with van der Waals surface area (Å²) in [5.41, 5.74) is 1.83. The maximum absolute atomic E-state index is 11.0. The Morgan fingerprint density at radius 3 is 2.58 bits per heavy atom. The van der Waals surface area contributed by atoms with E-state index in [1.54, 1.807) is 0 Å². The number of benzene rings is 1. The molecule has 100 valence electrons. The topological polar surface area (TPSA) is 66.4 Å². The van der Waals surface area contributed by atoms with Crippen molar-refractivity contribution in [2.45, 2.75) is 19.4 Å².